The fourth-order valence-electron chi connectivity index (χ4n) is 1.85. The van der Waals surface area contributed by atoms with E-state index < -0.39 is 0 Å². The SMILES string of the molecule is Cc1nnc(C2(N(C)C)CCC2)o1. The Labute approximate surface area is 77.9 Å². The van der Waals surface area contributed by atoms with Gasteiger partial charge in [-0.3, -0.25) is 4.90 Å². The van der Waals surface area contributed by atoms with Gasteiger partial charge in [-0.25, -0.2) is 0 Å². The van der Waals surface area contributed by atoms with Gasteiger partial charge < -0.3 is 4.42 Å². The number of aryl methyl sites for hydroxylation is 1. The number of nitrogens with zero attached hydrogens (tertiary/aromatic N) is 3. The molecule has 1 aliphatic rings. The lowest BCUT2D eigenvalue weighted by atomic mass is 9.75. The van der Waals surface area contributed by atoms with Crippen LogP contribution in [0.4, 0.5) is 0 Å². The molecule has 1 heterocycles. The van der Waals surface area contributed by atoms with E-state index in [1.165, 1.54) is 6.42 Å². The van der Waals surface area contributed by atoms with Crippen molar-refractivity contribution in [3.05, 3.63) is 11.8 Å². The van der Waals surface area contributed by atoms with E-state index in [1.54, 1.807) is 0 Å². The fraction of sp³-hybridized carbons (Fsp3) is 0.778. The summed E-state index contributed by atoms with van der Waals surface area (Å²) < 4.78 is 5.49. The van der Waals surface area contributed by atoms with Gasteiger partial charge in [-0.05, 0) is 33.4 Å². The molecule has 72 valence electrons. The first-order valence-electron chi connectivity index (χ1n) is 4.63. The molecular weight excluding hydrogens is 166 g/mol. The number of rotatable bonds is 2. The molecule has 13 heavy (non-hydrogen) atoms. The van der Waals surface area contributed by atoms with E-state index >= 15 is 0 Å². The molecule has 4 heteroatoms. The molecule has 0 spiro atoms. The molecule has 0 saturated heterocycles. The molecule has 0 unspecified atom stereocenters. The number of hydrogen-bond donors (Lipinski definition) is 0. The lowest BCUT2D eigenvalue weighted by Crippen LogP contribution is -2.47. The standard InChI is InChI=1S/C9H15N3O/c1-7-10-11-8(13-7)9(12(2)3)5-4-6-9/h4-6H2,1-3H3. The summed E-state index contributed by atoms with van der Waals surface area (Å²) in [6, 6.07) is 0. The van der Waals surface area contributed by atoms with Crippen LogP contribution in [-0.4, -0.2) is 29.2 Å². The van der Waals surface area contributed by atoms with Crippen molar-refractivity contribution in [2.75, 3.05) is 14.1 Å². The van der Waals surface area contributed by atoms with E-state index in [0.717, 1.165) is 18.7 Å². The summed E-state index contributed by atoms with van der Waals surface area (Å²) in [7, 11) is 4.14. The van der Waals surface area contributed by atoms with Crippen LogP contribution in [-0.2, 0) is 5.54 Å². The molecule has 0 aliphatic heterocycles. The summed E-state index contributed by atoms with van der Waals surface area (Å²) in [5, 5.41) is 7.98. The van der Waals surface area contributed by atoms with Gasteiger partial charge in [-0.2, -0.15) is 0 Å². The second kappa shape index (κ2) is 2.80. The first-order chi connectivity index (χ1) is 6.15. The zero-order valence-corrected chi connectivity index (χ0v) is 8.37. The summed E-state index contributed by atoms with van der Waals surface area (Å²) in [4.78, 5) is 2.18. The molecule has 0 radical (unpaired) electrons. The highest BCUT2D eigenvalue weighted by atomic mass is 16.4. The van der Waals surface area contributed by atoms with Gasteiger partial charge in [0.15, 0.2) is 0 Å². The lowest BCUT2D eigenvalue weighted by Gasteiger charge is -2.43. The maximum Gasteiger partial charge on any atom is 0.236 e. The largest absolute Gasteiger partial charge is 0.424 e. The van der Waals surface area contributed by atoms with E-state index in [0.29, 0.717) is 5.89 Å². The number of hydrogen-bond acceptors (Lipinski definition) is 4. The number of aromatic nitrogens is 2. The third-order valence-corrected chi connectivity index (χ3v) is 2.96. The Morgan fingerprint density at radius 3 is 2.31 bits per heavy atom. The van der Waals surface area contributed by atoms with Crippen LogP contribution < -0.4 is 0 Å². The summed E-state index contributed by atoms with van der Waals surface area (Å²) in [5.74, 6) is 1.43. The maximum atomic E-state index is 5.49. The van der Waals surface area contributed by atoms with Crippen molar-refractivity contribution < 1.29 is 4.42 Å². The van der Waals surface area contributed by atoms with Crippen LogP contribution in [0.3, 0.4) is 0 Å². The van der Waals surface area contributed by atoms with Crippen LogP contribution in [0.2, 0.25) is 0 Å². The van der Waals surface area contributed by atoms with Crippen molar-refractivity contribution in [3.8, 4) is 0 Å². The van der Waals surface area contributed by atoms with E-state index in [2.05, 4.69) is 29.2 Å². The van der Waals surface area contributed by atoms with Gasteiger partial charge in [-0.15, -0.1) is 10.2 Å². The molecule has 1 aliphatic carbocycles. The average Bonchev–Trinajstić information content (AvgIpc) is 2.32. The molecule has 1 aromatic rings. The highest BCUT2D eigenvalue weighted by molar-refractivity contribution is 5.07. The molecule has 0 N–H and O–H groups in total. The maximum absolute atomic E-state index is 5.49. The van der Waals surface area contributed by atoms with E-state index in [4.69, 9.17) is 4.42 Å². The minimum Gasteiger partial charge on any atom is -0.424 e. The minimum absolute atomic E-state index is 0.0290. The van der Waals surface area contributed by atoms with Crippen molar-refractivity contribution in [2.24, 2.45) is 0 Å². The molecule has 2 rings (SSSR count). The highest BCUT2D eigenvalue weighted by Crippen LogP contribution is 2.44. The van der Waals surface area contributed by atoms with Crippen molar-refractivity contribution in [3.63, 3.8) is 0 Å². The Morgan fingerprint density at radius 1 is 1.31 bits per heavy atom. The van der Waals surface area contributed by atoms with Gasteiger partial charge >= 0.3 is 0 Å². The molecule has 1 aromatic heterocycles. The molecule has 1 saturated carbocycles. The van der Waals surface area contributed by atoms with Crippen molar-refractivity contribution in [2.45, 2.75) is 31.7 Å². The van der Waals surface area contributed by atoms with Gasteiger partial charge in [-0.1, -0.05) is 0 Å². The minimum atomic E-state index is 0.0290. The zero-order valence-electron chi connectivity index (χ0n) is 8.37. The van der Waals surface area contributed by atoms with E-state index in [-0.39, 0.29) is 5.54 Å². The normalized spacial score (nSPS) is 20.3. The third-order valence-electron chi connectivity index (χ3n) is 2.96. The van der Waals surface area contributed by atoms with Crippen molar-refractivity contribution >= 4 is 0 Å². The summed E-state index contributed by atoms with van der Waals surface area (Å²) in [5.41, 5.74) is 0.0290. The Hall–Kier alpha value is -0.900. The molecular formula is C9H15N3O. The van der Waals surface area contributed by atoms with Crippen molar-refractivity contribution in [1.82, 2.24) is 15.1 Å². The van der Waals surface area contributed by atoms with Crippen molar-refractivity contribution in [1.29, 1.82) is 0 Å². The third kappa shape index (κ3) is 1.16. The van der Waals surface area contributed by atoms with Crippen LogP contribution >= 0.6 is 0 Å². The van der Waals surface area contributed by atoms with Crippen LogP contribution in [0.1, 0.15) is 31.0 Å². The summed E-state index contributed by atoms with van der Waals surface area (Å²) in [6.07, 6.45) is 3.50. The van der Waals surface area contributed by atoms with Gasteiger partial charge in [0.2, 0.25) is 11.8 Å². The highest BCUT2D eigenvalue weighted by Gasteiger charge is 2.45. The van der Waals surface area contributed by atoms with E-state index in [1.807, 2.05) is 6.92 Å². The Morgan fingerprint density at radius 2 is 2.00 bits per heavy atom. The lowest BCUT2D eigenvalue weighted by molar-refractivity contribution is 0.0287. The topological polar surface area (TPSA) is 42.2 Å². The molecule has 4 nitrogen and oxygen atoms in total. The van der Waals surface area contributed by atoms with Gasteiger partial charge in [0, 0.05) is 6.92 Å². The van der Waals surface area contributed by atoms with Gasteiger partial charge in [0.1, 0.15) is 0 Å². The van der Waals surface area contributed by atoms with E-state index in [9.17, 15) is 0 Å². The van der Waals surface area contributed by atoms with Crippen LogP contribution in [0.15, 0.2) is 4.42 Å². The quantitative estimate of drug-likeness (QED) is 0.690. The Kier molecular flexibility index (Phi) is 1.87. The van der Waals surface area contributed by atoms with Gasteiger partial charge in [0.25, 0.3) is 0 Å². The average molecular weight is 181 g/mol. The van der Waals surface area contributed by atoms with Crippen LogP contribution in [0.5, 0.6) is 0 Å². The molecule has 0 aromatic carbocycles. The first-order valence-corrected chi connectivity index (χ1v) is 4.63. The molecule has 1 fully saturated rings. The molecule has 0 atom stereocenters. The molecule has 0 bridgehead atoms. The monoisotopic (exact) mass is 181 g/mol. The fourth-order valence-corrected chi connectivity index (χ4v) is 1.85. The smallest absolute Gasteiger partial charge is 0.236 e. The first kappa shape index (κ1) is 8.69. The predicted octanol–water partition coefficient (Wildman–Crippen LogP) is 1.32. The summed E-state index contributed by atoms with van der Waals surface area (Å²) in [6.45, 7) is 1.83. The second-order valence-corrected chi connectivity index (χ2v) is 3.91. The van der Waals surface area contributed by atoms with Crippen LogP contribution in [0.25, 0.3) is 0 Å². The van der Waals surface area contributed by atoms with Crippen LogP contribution in [0, 0.1) is 6.92 Å². The summed E-state index contributed by atoms with van der Waals surface area (Å²) >= 11 is 0. The molecule has 0 amide bonds. The second-order valence-electron chi connectivity index (χ2n) is 3.91. The zero-order chi connectivity index (χ0) is 9.47. The predicted molar refractivity (Wildman–Crippen MR) is 48.3 cm³/mol. The van der Waals surface area contributed by atoms with Gasteiger partial charge in [0.05, 0.1) is 5.54 Å². The Bertz CT molecular complexity index is 302. The Balaban J connectivity index is 2.31.